The molecule has 2 atom stereocenters. The van der Waals surface area contributed by atoms with Crippen LogP contribution >= 0.6 is 11.3 Å². The van der Waals surface area contributed by atoms with Crippen LogP contribution in [0.15, 0.2) is 17.5 Å². The molecule has 1 amide bonds. The molecule has 1 aromatic heterocycles. The molecule has 0 aromatic carbocycles. The molecule has 1 aromatic rings. The highest BCUT2D eigenvalue weighted by Gasteiger charge is 2.38. The molecule has 0 bridgehead atoms. The summed E-state index contributed by atoms with van der Waals surface area (Å²) in [6.07, 6.45) is 4.46. The highest BCUT2D eigenvalue weighted by molar-refractivity contribution is 7.10. The van der Waals surface area contributed by atoms with Crippen LogP contribution in [0.25, 0.3) is 0 Å². The third-order valence-corrected chi connectivity index (χ3v) is 4.86. The second-order valence-electron chi connectivity index (χ2n) is 5.25. The lowest BCUT2D eigenvalue weighted by Gasteiger charge is -2.26. The largest absolute Gasteiger partial charge is 0.333 e. The van der Waals surface area contributed by atoms with E-state index in [0.29, 0.717) is 11.9 Å². The summed E-state index contributed by atoms with van der Waals surface area (Å²) in [5.41, 5.74) is 0. The zero-order valence-electron chi connectivity index (χ0n) is 10.8. The van der Waals surface area contributed by atoms with Gasteiger partial charge in [0.05, 0.1) is 12.1 Å². The predicted molar refractivity (Wildman–Crippen MR) is 73.6 cm³/mol. The monoisotopic (exact) mass is 264 g/mol. The van der Waals surface area contributed by atoms with Crippen molar-refractivity contribution in [3.8, 4) is 0 Å². The molecule has 1 N–H and O–H groups in total. The van der Waals surface area contributed by atoms with Gasteiger partial charge in [0.25, 0.3) is 0 Å². The fraction of sp³-hybridized carbons (Fsp3) is 0.643. The van der Waals surface area contributed by atoms with Crippen LogP contribution in [0.3, 0.4) is 0 Å². The number of hydrogen-bond donors (Lipinski definition) is 1. The molecule has 18 heavy (non-hydrogen) atoms. The maximum absolute atomic E-state index is 12.4. The van der Waals surface area contributed by atoms with Gasteiger partial charge in [-0.25, -0.2) is 0 Å². The summed E-state index contributed by atoms with van der Waals surface area (Å²) < 4.78 is 0. The first kappa shape index (κ1) is 12.2. The molecule has 3 nitrogen and oxygen atoms in total. The number of carbonyl (C=O) groups excluding carboxylic acids is 1. The van der Waals surface area contributed by atoms with Crippen molar-refractivity contribution in [1.29, 1.82) is 0 Å². The maximum atomic E-state index is 12.4. The van der Waals surface area contributed by atoms with Gasteiger partial charge in [0, 0.05) is 17.5 Å². The summed E-state index contributed by atoms with van der Waals surface area (Å²) in [5, 5.41) is 5.56. The lowest BCUT2D eigenvalue weighted by Crippen LogP contribution is -2.40. The summed E-state index contributed by atoms with van der Waals surface area (Å²) in [6, 6.07) is 5.19. The van der Waals surface area contributed by atoms with Gasteiger partial charge in [0.15, 0.2) is 0 Å². The van der Waals surface area contributed by atoms with E-state index in [2.05, 4.69) is 34.7 Å². The Bertz CT molecular complexity index is 413. The number of nitrogens with one attached hydrogen (secondary N) is 1. The molecule has 1 saturated carbocycles. The zero-order valence-corrected chi connectivity index (χ0v) is 11.6. The van der Waals surface area contributed by atoms with Gasteiger partial charge in [-0.1, -0.05) is 13.0 Å². The Labute approximate surface area is 112 Å². The molecule has 4 heteroatoms. The van der Waals surface area contributed by atoms with Crippen molar-refractivity contribution in [3.63, 3.8) is 0 Å². The summed E-state index contributed by atoms with van der Waals surface area (Å²) >= 11 is 1.76. The molecule has 2 aliphatic rings. The number of thiophene rings is 1. The van der Waals surface area contributed by atoms with Crippen molar-refractivity contribution >= 4 is 17.2 Å². The van der Waals surface area contributed by atoms with Gasteiger partial charge in [0.2, 0.25) is 5.91 Å². The second kappa shape index (κ2) is 5.02. The molecule has 98 valence electrons. The van der Waals surface area contributed by atoms with Crippen molar-refractivity contribution in [1.82, 2.24) is 10.2 Å². The molecule has 2 heterocycles. The minimum Gasteiger partial charge on any atom is -0.333 e. The Kier molecular flexibility index (Phi) is 3.39. The van der Waals surface area contributed by atoms with Crippen LogP contribution in [0.4, 0.5) is 0 Å². The standard InChI is InChI=1S/C14H20N2OS/c1-2-12(13-4-3-9-18-13)16-8-7-11(14(16)17)15-10-5-6-10/h3-4,9-12,15H,2,5-8H2,1H3. The topological polar surface area (TPSA) is 32.3 Å². The highest BCUT2D eigenvalue weighted by Crippen LogP contribution is 2.32. The number of carbonyl (C=O) groups is 1. The SMILES string of the molecule is CCC(c1cccs1)N1CCC(NC2CC2)C1=O. The van der Waals surface area contributed by atoms with Crippen molar-refractivity contribution in [3.05, 3.63) is 22.4 Å². The average molecular weight is 264 g/mol. The van der Waals surface area contributed by atoms with Gasteiger partial charge in [-0.3, -0.25) is 4.79 Å². The smallest absolute Gasteiger partial charge is 0.240 e. The van der Waals surface area contributed by atoms with Crippen LogP contribution in [-0.4, -0.2) is 29.4 Å². The Balaban J connectivity index is 1.69. The second-order valence-corrected chi connectivity index (χ2v) is 6.23. The molecule has 0 spiro atoms. The molecular weight excluding hydrogens is 244 g/mol. The van der Waals surface area contributed by atoms with Crippen LogP contribution in [-0.2, 0) is 4.79 Å². The molecule has 3 rings (SSSR count). The van der Waals surface area contributed by atoms with Crippen molar-refractivity contribution in [2.45, 2.75) is 50.7 Å². The number of amides is 1. The summed E-state index contributed by atoms with van der Waals surface area (Å²) in [5.74, 6) is 0.308. The molecule has 2 unspecified atom stereocenters. The van der Waals surface area contributed by atoms with Crippen LogP contribution in [0.5, 0.6) is 0 Å². The molecule has 1 aliphatic carbocycles. The van der Waals surface area contributed by atoms with E-state index in [9.17, 15) is 4.79 Å². The Morgan fingerprint density at radius 1 is 1.50 bits per heavy atom. The predicted octanol–water partition coefficient (Wildman–Crippen LogP) is 2.55. The zero-order chi connectivity index (χ0) is 12.5. The maximum Gasteiger partial charge on any atom is 0.240 e. The third-order valence-electron chi connectivity index (χ3n) is 3.89. The van der Waals surface area contributed by atoms with Crippen LogP contribution < -0.4 is 5.32 Å². The van der Waals surface area contributed by atoms with E-state index in [1.54, 1.807) is 11.3 Å². The summed E-state index contributed by atoms with van der Waals surface area (Å²) in [7, 11) is 0. The van der Waals surface area contributed by atoms with Crippen molar-refractivity contribution in [2.75, 3.05) is 6.54 Å². The van der Waals surface area contributed by atoms with Gasteiger partial charge in [0.1, 0.15) is 0 Å². The van der Waals surface area contributed by atoms with Gasteiger partial charge in [-0.2, -0.15) is 0 Å². The summed E-state index contributed by atoms with van der Waals surface area (Å²) in [4.78, 5) is 15.8. The van der Waals surface area contributed by atoms with Gasteiger partial charge in [-0.05, 0) is 37.1 Å². The number of hydrogen-bond acceptors (Lipinski definition) is 3. The van der Waals surface area contributed by atoms with E-state index >= 15 is 0 Å². The summed E-state index contributed by atoms with van der Waals surface area (Å²) in [6.45, 7) is 3.07. The first-order valence-corrected chi connectivity index (χ1v) is 7.77. The molecule has 1 aliphatic heterocycles. The van der Waals surface area contributed by atoms with E-state index in [1.807, 2.05) is 0 Å². The van der Waals surface area contributed by atoms with E-state index in [4.69, 9.17) is 0 Å². The molecule has 2 fully saturated rings. The van der Waals surface area contributed by atoms with Crippen molar-refractivity contribution in [2.24, 2.45) is 0 Å². The van der Waals surface area contributed by atoms with Crippen molar-refractivity contribution < 1.29 is 4.79 Å². The van der Waals surface area contributed by atoms with E-state index in [-0.39, 0.29) is 12.1 Å². The van der Waals surface area contributed by atoms with Crippen LogP contribution in [0, 0.1) is 0 Å². The Morgan fingerprint density at radius 2 is 2.33 bits per heavy atom. The first-order valence-electron chi connectivity index (χ1n) is 6.89. The number of rotatable bonds is 5. The fourth-order valence-corrected chi connectivity index (χ4v) is 3.68. The third kappa shape index (κ3) is 2.31. The average Bonchev–Trinajstić information content (AvgIpc) is 2.89. The first-order chi connectivity index (χ1) is 8.79. The van der Waals surface area contributed by atoms with Gasteiger partial charge in [-0.15, -0.1) is 11.3 Å². The van der Waals surface area contributed by atoms with Crippen LogP contribution in [0.1, 0.15) is 43.5 Å². The highest BCUT2D eigenvalue weighted by atomic mass is 32.1. The fourth-order valence-electron chi connectivity index (χ4n) is 2.76. The van der Waals surface area contributed by atoms with E-state index in [0.717, 1.165) is 19.4 Å². The minimum absolute atomic E-state index is 0.0755. The Hall–Kier alpha value is -0.870. The molecular formula is C14H20N2OS. The molecule has 0 radical (unpaired) electrons. The quantitative estimate of drug-likeness (QED) is 0.886. The van der Waals surface area contributed by atoms with E-state index < -0.39 is 0 Å². The Morgan fingerprint density at radius 3 is 2.94 bits per heavy atom. The number of nitrogens with zero attached hydrogens (tertiary/aromatic N) is 1. The number of likely N-dealkylation sites (tertiary alicyclic amines) is 1. The van der Waals surface area contributed by atoms with Gasteiger partial charge >= 0.3 is 0 Å². The normalized spacial score (nSPS) is 25.7. The van der Waals surface area contributed by atoms with Crippen LogP contribution in [0.2, 0.25) is 0 Å². The van der Waals surface area contributed by atoms with E-state index in [1.165, 1.54) is 17.7 Å². The lowest BCUT2D eigenvalue weighted by molar-refractivity contribution is -0.131. The lowest BCUT2D eigenvalue weighted by atomic mass is 10.1. The molecule has 1 saturated heterocycles. The van der Waals surface area contributed by atoms with Gasteiger partial charge < -0.3 is 10.2 Å². The minimum atomic E-state index is 0.0755.